The molecule has 0 heterocycles. The van der Waals surface area contributed by atoms with Gasteiger partial charge in [0, 0.05) is 6.42 Å². The Morgan fingerprint density at radius 2 is 2.21 bits per heavy atom. The molecule has 0 N–H and O–H groups in total. The molecule has 1 aliphatic carbocycles. The van der Waals surface area contributed by atoms with Gasteiger partial charge in [0.25, 0.3) is 0 Å². The smallest absolute Gasteiger partial charge is 0.303 e. The first-order valence-electron chi connectivity index (χ1n) is 4.41. The Hall–Kier alpha value is -1.06. The molecule has 0 saturated heterocycles. The number of hydrogen-bond donors (Lipinski definition) is 0. The molecular weight excluding hydrogens is 193 g/mol. The second-order valence-electron chi connectivity index (χ2n) is 3.23. The zero-order chi connectivity index (χ0) is 10.6. The van der Waals surface area contributed by atoms with Gasteiger partial charge in [-0.05, 0) is 12.8 Å². The van der Waals surface area contributed by atoms with Crippen LogP contribution in [0.3, 0.4) is 0 Å². The predicted octanol–water partition coefficient (Wildman–Crippen LogP) is 3.03. The Bertz CT molecular complexity index is 263. The number of rotatable bonds is 3. The van der Waals surface area contributed by atoms with Crippen LogP contribution in [0.1, 0.15) is 19.3 Å². The minimum atomic E-state index is -4.17. The summed E-state index contributed by atoms with van der Waals surface area (Å²) in [5, 5.41) is 0. The van der Waals surface area contributed by atoms with E-state index in [4.69, 9.17) is 0 Å². The summed E-state index contributed by atoms with van der Waals surface area (Å²) in [6.45, 7) is 0. The standard InChI is InChI=1S/C10H11F3O/c11-10(12,13)9-5-1-3-8(7-9)4-2-6-14/h1,3,6-7,9H,2,4-5H2. The number of carbonyl (C=O) groups excluding carboxylic acids is 1. The molecule has 1 atom stereocenters. The van der Waals surface area contributed by atoms with E-state index in [1.807, 2.05) is 0 Å². The van der Waals surface area contributed by atoms with Gasteiger partial charge in [0.15, 0.2) is 0 Å². The number of aldehydes is 1. The van der Waals surface area contributed by atoms with Crippen LogP contribution < -0.4 is 0 Å². The van der Waals surface area contributed by atoms with Crippen molar-refractivity contribution in [1.82, 2.24) is 0 Å². The molecule has 1 nitrogen and oxygen atoms in total. The van der Waals surface area contributed by atoms with Crippen LogP contribution in [0.2, 0.25) is 0 Å². The van der Waals surface area contributed by atoms with Gasteiger partial charge in [-0.2, -0.15) is 13.2 Å². The van der Waals surface area contributed by atoms with E-state index in [-0.39, 0.29) is 12.8 Å². The highest BCUT2D eigenvalue weighted by Crippen LogP contribution is 2.34. The van der Waals surface area contributed by atoms with Gasteiger partial charge in [0.2, 0.25) is 0 Å². The Balaban J connectivity index is 2.63. The van der Waals surface area contributed by atoms with Gasteiger partial charge < -0.3 is 4.79 Å². The minimum absolute atomic E-state index is 0.00803. The average molecular weight is 204 g/mol. The van der Waals surface area contributed by atoms with E-state index in [0.717, 1.165) is 0 Å². The van der Waals surface area contributed by atoms with Crippen molar-refractivity contribution in [3.63, 3.8) is 0 Å². The molecule has 0 radical (unpaired) electrons. The molecular formula is C10H11F3O. The van der Waals surface area contributed by atoms with Crippen molar-refractivity contribution >= 4 is 6.29 Å². The molecule has 0 aliphatic heterocycles. The summed E-state index contributed by atoms with van der Waals surface area (Å²) >= 11 is 0. The molecule has 0 aromatic carbocycles. The van der Waals surface area contributed by atoms with E-state index in [1.54, 1.807) is 6.08 Å². The highest BCUT2D eigenvalue weighted by molar-refractivity contribution is 5.50. The largest absolute Gasteiger partial charge is 0.395 e. The maximum atomic E-state index is 12.3. The van der Waals surface area contributed by atoms with Gasteiger partial charge in [-0.25, -0.2) is 0 Å². The van der Waals surface area contributed by atoms with Crippen LogP contribution in [0, 0.1) is 5.92 Å². The monoisotopic (exact) mass is 204 g/mol. The highest BCUT2D eigenvalue weighted by atomic mass is 19.4. The van der Waals surface area contributed by atoms with Crippen LogP contribution in [-0.2, 0) is 4.79 Å². The molecule has 4 heteroatoms. The van der Waals surface area contributed by atoms with Gasteiger partial charge in [0.1, 0.15) is 6.29 Å². The summed E-state index contributed by atoms with van der Waals surface area (Å²) < 4.78 is 36.9. The van der Waals surface area contributed by atoms with Crippen molar-refractivity contribution < 1.29 is 18.0 Å². The number of hydrogen-bond acceptors (Lipinski definition) is 1. The third-order valence-electron chi connectivity index (χ3n) is 2.11. The predicted molar refractivity (Wildman–Crippen MR) is 46.7 cm³/mol. The first-order valence-corrected chi connectivity index (χ1v) is 4.41. The summed E-state index contributed by atoms with van der Waals surface area (Å²) in [6.07, 6.45) is 1.61. The van der Waals surface area contributed by atoms with Crippen molar-refractivity contribution in [2.24, 2.45) is 5.92 Å². The van der Waals surface area contributed by atoms with Crippen LogP contribution in [0.5, 0.6) is 0 Å². The molecule has 1 unspecified atom stereocenters. The molecule has 0 saturated carbocycles. The van der Waals surface area contributed by atoms with Crippen LogP contribution in [0.15, 0.2) is 23.8 Å². The number of alkyl halides is 3. The third-order valence-corrected chi connectivity index (χ3v) is 2.11. The fourth-order valence-corrected chi connectivity index (χ4v) is 1.37. The van der Waals surface area contributed by atoms with E-state index in [0.29, 0.717) is 18.3 Å². The average Bonchev–Trinajstić information content (AvgIpc) is 2.14. The van der Waals surface area contributed by atoms with Crippen molar-refractivity contribution in [2.75, 3.05) is 0 Å². The normalized spacial score (nSPS) is 21.9. The first kappa shape index (κ1) is 11.0. The second-order valence-corrected chi connectivity index (χ2v) is 3.23. The molecule has 0 aromatic rings. The molecule has 0 spiro atoms. The van der Waals surface area contributed by atoms with E-state index < -0.39 is 12.1 Å². The van der Waals surface area contributed by atoms with Crippen molar-refractivity contribution in [1.29, 1.82) is 0 Å². The molecule has 0 amide bonds. The fourth-order valence-electron chi connectivity index (χ4n) is 1.37. The van der Waals surface area contributed by atoms with Crippen LogP contribution >= 0.6 is 0 Å². The lowest BCUT2D eigenvalue weighted by atomic mass is 9.94. The summed E-state index contributed by atoms with van der Waals surface area (Å²) in [5.41, 5.74) is 0.602. The van der Waals surface area contributed by atoms with E-state index in [1.165, 1.54) is 12.2 Å². The van der Waals surface area contributed by atoms with E-state index in [2.05, 4.69) is 0 Å². The SMILES string of the molecule is O=CCCC1=CC(C(F)(F)F)CC=C1. The van der Waals surface area contributed by atoms with E-state index in [9.17, 15) is 18.0 Å². The zero-order valence-electron chi connectivity index (χ0n) is 7.55. The molecule has 0 fully saturated rings. The van der Waals surface area contributed by atoms with Gasteiger partial charge in [-0.1, -0.05) is 23.8 Å². The van der Waals surface area contributed by atoms with Crippen LogP contribution in [0.25, 0.3) is 0 Å². The fraction of sp³-hybridized carbons (Fsp3) is 0.500. The summed E-state index contributed by atoms with van der Waals surface area (Å²) in [6, 6.07) is 0. The molecule has 1 aliphatic rings. The lowest BCUT2D eigenvalue weighted by Gasteiger charge is -2.19. The third kappa shape index (κ3) is 3.01. The molecule has 14 heavy (non-hydrogen) atoms. The maximum Gasteiger partial charge on any atom is 0.395 e. The summed E-state index contributed by atoms with van der Waals surface area (Å²) in [4.78, 5) is 10.1. The Morgan fingerprint density at radius 3 is 2.79 bits per heavy atom. The van der Waals surface area contributed by atoms with Gasteiger partial charge in [-0.3, -0.25) is 0 Å². The van der Waals surface area contributed by atoms with Gasteiger partial charge in [-0.15, -0.1) is 0 Å². The van der Waals surface area contributed by atoms with E-state index >= 15 is 0 Å². The highest BCUT2D eigenvalue weighted by Gasteiger charge is 2.37. The summed E-state index contributed by atoms with van der Waals surface area (Å²) in [5.74, 6) is -1.38. The van der Waals surface area contributed by atoms with Gasteiger partial charge >= 0.3 is 6.18 Å². The molecule has 0 bridgehead atoms. The van der Waals surface area contributed by atoms with Crippen molar-refractivity contribution in [3.05, 3.63) is 23.8 Å². The van der Waals surface area contributed by atoms with Crippen LogP contribution in [-0.4, -0.2) is 12.5 Å². The number of halogens is 3. The molecule has 1 rings (SSSR count). The lowest BCUT2D eigenvalue weighted by molar-refractivity contribution is -0.160. The Morgan fingerprint density at radius 1 is 1.50 bits per heavy atom. The number of carbonyl (C=O) groups is 1. The van der Waals surface area contributed by atoms with Crippen LogP contribution in [0.4, 0.5) is 13.2 Å². The second kappa shape index (κ2) is 4.44. The van der Waals surface area contributed by atoms with Gasteiger partial charge in [0.05, 0.1) is 5.92 Å². The topological polar surface area (TPSA) is 17.1 Å². The lowest BCUT2D eigenvalue weighted by Crippen LogP contribution is -2.21. The number of allylic oxidation sites excluding steroid dienone is 4. The molecule has 78 valence electrons. The Kier molecular flexibility index (Phi) is 3.49. The van der Waals surface area contributed by atoms with Crippen molar-refractivity contribution in [3.8, 4) is 0 Å². The Labute approximate surface area is 80.3 Å². The molecule has 0 aromatic heterocycles. The van der Waals surface area contributed by atoms with Crippen molar-refractivity contribution in [2.45, 2.75) is 25.4 Å². The first-order chi connectivity index (χ1) is 6.54. The quantitative estimate of drug-likeness (QED) is 0.646. The maximum absolute atomic E-state index is 12.3. The minimum Gasteiger partial charge on any atom is -0.303 e. The summed E-state index contributed by atoms with van der Waals surface area (Å²) in [7, 11) is 0. The zero-order valence-corrected chi connectivity index (χ0v) is 7.55.